The van der Waals surface area contributed by atoms with Crippen molar-refractivity contribution in [2.45, 2.75) is 38.0 Å². The van der Waals surface area contributed by atoms with E-state index >= 15 is 0 Å². The van der Waals surface area contributed by atoms with Crippen molar-refractivity contribution in [3.63, 3.8) is 0 Å². The van der Waals surface area contributed by atoms with Crippen LogP contribution in [-0.4, -0.2) is 55.0 Å². The van der Waals surface area contributed by atoms with Crippen LogP contribution >= 0.6 is 0 Å². The van der Waals surface area contributed by atoms with E-state index in [2.05, 4.69) is 4.90 Å². The Balaban J connectivity index is 2.43. The number of methoxy groups -OCH3 is 1. The molecule has 14 heavy (non-hydrogen) atoms. The summed E-state index contributed by atoms with van der Waals surface area (Å²) in [6.07, 6.45) is 2.09. The maximum atomic E-state index is 9.33. The first-order valence-corrected chi connectivity index (χ1v) is 5.32. The molecule has 0 aromatic rings. The summed E-state index contributed by atoms with van der Waals surface area (Å²) in [6.45, 7) is 4.16. The number of aliphatic hydroxyl groups excluding tert-OH is 1. The van der Waals surface area contributed by atoms with Crippen molar-refractivity contribution in [2.75, 3.05) is 26.7 Å². The highest BCUT2D eigenvalue weighted by atomic mass is 16.5. The highest BCUT2D eigenvalue weighted by molar-refractivity contribution is 4.83. The van der Waals surface area contributed by atoms with Gasteiger partial charge in [0.25, 0.3) is 0 Å². The second-order valence-electron chi connectivity index (χ2n) is 4.12. The molecule has 1 aliphatic rings. The van der Waals surface area contributed by atoms with Crippen LogP contribution in [-0.2, 0) is 4.74 Å². The van der Waals surface area contributed by atoms with Gasteiger partial charge in [0.2, 0.25) is 0 Å². The molecule has 1 heterocycles. The van der Waals surface area contributed by atoms with Gasteiger partial charge in [0, 0.05) is 32.8 Å². The lowest BCUT2D eigenvalue weighted by atomic mass is 9.99. The minimum absolute atomic E-state index is 0.275. The van der Waals surface area contributed by atoms with Crippen LogP contribution in [0.3, 0.4) is 0 Å². The molecule has 0 radical (unpaired) electrons. The predicted molar refractivity (Wildman–Crippen MR) is 56.1 cm³/mol. The van der Waals surface area contributed by atoms with Crippen LogP contribution in [0.25, 0.3) is 0 Å². The first kappa shape index (κ1) is 11.9. The predicted octanol–water partition coefficient (Wildman–Crippen LogP) is -0.195. The van der Waals surface area contributed by atoms with E-state index in [9.17, 15) is 5.11 Å². The first-order valence-electron chi connectivity index (χ1n) is 5.32. The largest absolute Gasteiger partial charge is 0.392 e. The second-order valence-corrected chi connectivity index (χ2v) is 4.12. The van der Waals surface area contributed by atoms with E-state index in [1.807, 2.05) is 6.92 Å². The molecule has 4 nitrogen and oxygen atoms in total. The summed E-state index contributed by atoms with van der Waals surface area (Å²) in [7, 11) is 1.75. The van der Waals surface area contributed by atoms with Gasteiger partial charge in [-0.3, -0.25) is 4.90 Å². The number of piperidine rings is 1. The van der Waals surface area contributed by atoms with Crippen molar-refractivity contribution in [1.29, 1.82) is 0 Å². The molecule has 0 bridgehead atoms. The Bertz CT molecular complexity index is 164. The van der Waals surface area contributed by atoms with E-state index < -0.39 is 0 Å². The topological polar surface area (TPSA) is 58.7 Å². The van der Waals surface area contributed by atoms with E-state index in [1.165, 1.54) is 0 Å². The van der Waals surface area contributed by atoms with Crippen LogP contribution in [0.15, 0.2) is 0 Å². The molecule has 84 valence electrons. The normalized spacial score (nSPS) is 31.7. The molecule has 1 fully saturated rings. The molecule has 0 amide bonds. The molecular weight excluding hydrogens is 180 g/mol. The summed E-state index contributed by atoms with van der Waals surface area (Å²) < 4.78 is 5.33. The number of aliphatic hydroxyl groups is 1. The van der Waals surface area contributed by atoms with E-state index in [0.29, 0.717) is 18.7 Å². The fourth-order valence-electron chi connectivity index (χ4n) is 2.10. The molecule has 0 aliphatic carbocycles. The number of β-amino-alcohol motifs (C(OH)–C–C–N with tert-alkyl or cyclic N) is 1. The van der Waals surface area contributed by atoms with E-state index in [4.69, 9.17) is 10.5 Å². The lowest BCUT2D eigenvalue weighted by Gasteiger charge is -2.38. The fourth-order valence-corrected chi connectivity index (χ4v) is 2.10. The van der Waals surface area contributed by atoms with Crippen LogP contribution in [0.2, 0.25) is 0 Å². The number of rotatable bonds is 4. The third kappa shape index (κ3) is 3.20. The number of nitrogens with zero attached hydrogens (tertiary/aromatic N) is 1. The fraction of sp³-hybridized carbons (Fsp3) is 1.00. The maximum Gasteiger partial charge on any atom is 0.0639 e. The summed E-state index contributed by atoms with van der Waals surface area (Å²) in [6, 6.07) is 0.364. The number of likely N-dealkylation sites (tertiary alicyclic amines) is 1. The van der Waals surface area contributed by atoms with Crippen LogP contribution in [0.5, 0.6) is 0 Å². The van der Waals surface area contributed by atoms with Crippen molar-refractivity contribution in [3.05, 3.63) is 0 Å². The third-order valence-corrected chi connectivity index (χ3v) is 2.89. The minimum atomic E-state index is -0.275. The zero-order valence-corrected chi connectivity index (χ0v) is 9.15. The zero-order valence-electron chi connectivity index (χ0n) is 9.15. The van der Waals surface area contributed by atoms with Crippen LogP contribution in [0, 0.1) is 0 Å². The van der Waals surface area contributed by atoms with Crippen molar-refractivity contribution >= 4 is 0 Å². The molecule has 0 aromatic heterocycles. The average Bonchev–Trinajstić information content (AvgIpc) is 2.17. The molecule has 0 saturated carbocycles. The molecular formula is C10H22N2O2. The summed E-state index contributed by atoms with van der Waals surface area (Å²) in [5.74, 6) is 0. The van der Waals surface area contributed by atoms with Gasteiger partial charge in [-0.2, -0.15) is 0 Å². The van der Waals surface area contributed by atoms with Crippen LogP contribution in [0.4, 0.5) is 0 Å². The second kappa shape index (κ2) is 5.66. The molecule has 3 atom stereocenters. The Morgan fingerprint density at radius 1 is 1.64 bits per heavy atom. The third-order valence-electron chi connectivity index (χ3n) is 2.89. The smallest absolute Gasteiger partial charge is 0.0639 e. The molecule has 1 rings (SSSR count). The quantitative estimate of drug-likeness (QED) is 0.663. The number of hydrogen-bond donors (Lipinski definition) is 2. The Labute approximate surface area is 86.0 Å². The number of hydrogen-bond acceptors (Lipinski definition) is 4. The SMILES string of the molecule is COC1CCN(C[C@H](C)O)C(CN)C1. The molecule has 2 unspecified atom stereocenters. The summed E-state index contributed by atoms with van der Waals surface area (Å²) >= 11 is 0. The zero-order chi connectivity index (χ0) is 10.6. The molecule has 4 heteroatoms. The number of nitrogens with two attached hydrogens (primary N) is 1. The van der Waals surface area contributed by atoms with Crippen molar-refractivity contribution in [3.8, 4) is 0 Å². The lowest BCUT2D eigenvalue weighted by molar-refractivity contribution is -0.00154. The molecule has 0 aromatic carbocycles. The standard InChI is InChI=1S/C10H22N2O2/c1-8(13)7-12-4-3-10(14-2)5-9(12)6-11/h8-10,13H,3-7,11H2,1-2H3/t8-,9?,10?/m0/s1. The number of ether oxygens (including phenoxy) is 1. The summed E-state index contributed by atoms with van der Waals surface area (Å²) in [5.41, 5.74) is 5.71. The van der Waals surface area contributed by atoms with Gasteiger partial charge in [-0.1, -0.05) is 0 Å². The Morgan fingerprint density at radius 3 is 2.86 bits per heavy atom. The Kier molecular flexibility index (Phi) is 4.81. The van der Waals surface area contributed by atoms with Gasteiger partial charge in [0.15, 0.2) is 0 Å². The molecule has 3 N–H and O–H groups in total. The average molecular weight is 202 g/mol. The van der Waals surface area contributed by atoms with Gasteiger partial charge in [-0.15, -0.1) is 0 Å². The van der Waals surface area contributed by atoms with Crippen molar-refractivity contribution < 1.29 is 9.84 Å². The Hall–Kier alpha value is -0.160. The van der Waals surface area contributed by atoms with Crippen molar-refractivity contribution in [1.82, 2.24) is 4.90 Å². The molecule has 0 spiro atoms. The monoisotopic (exact) mass is 202 g/mol. The van der Waals surface area contributed by atoms with E-state index in [1.54, 1.807) is 7.11 Å². The van der Waals surface area contributed by atoms with Gasteiger partial charge in [-0.25, -0.2) is 0 Å². The van der Waals surface area contributed by atoms with Gasteiger partial charge >= 0.3 is 0 Å². The van der Waals surface area contributed by atoms with Crippen molar-refractivity contribution in [2.24, 2.45) is 5.73 Å². The van der Waals surface area contributed by atoms with E-state index in [0.717, 1.165) is 25.9 Å². The highest BCUT2D eigenvalue weighted by Crippen LogP contribution is 2.19. The van der Waals surface area contributed by atoms with Crippen LogP contribution in [0.1, 0.15) is 19.8 Å². The van der Waals surface area contributed by atoms with Gasteiger partial charge in [-0.05, 0) is 19.8 Å². The first-order chi connectivity index (χ1) is 6.67. The minimum Gasteiger partial charge on any atom is -0.392 e. The van der Waals surface area contributed by atoms with Gasteiger partial charge < -0.3 is 15.6 Å². The highest BCUT2D eigenvalue weighted by Gasteiger charge is 2.27. The van der Waals surface area contributed by atoms with E-state index in [-0.39, 0.29) is 6.10 Å². The molecule has 1 saturated heterocycles. The molecule has 1 aliphatic heterocycles. The lowest BCUT2D eigenvalue weighted by Crippen LogP contribution is -2.50. The summed E-state index contributed by atoms with van der Waals surface area (Å²) in [4.78, 5) is 2.26. The summed E-state index contributed by atoms with van der Waals surface area (Å²) in [5, 5.41) is 9.33. The Morgan fingerprint density at radius 2 is 2.36 bits per heavy atom. The maximum absolute atomic E-state index is 9.33. The van der Waals surface area contributed by atoms with Gasteiger partial charge in [0.1, 0.15) is 0 Å². The van der Waals surface area contributed by atoms with Crippen LogP contribution < -0.4 is 5.73 Å². The van der Waals surface area contributed by atoms with Gasteiger partial charge in [0.05, 0.1) is 12.2 Å².